The van der Waals surface area contributed by atoms with E-state index in [-0.39, 0.29) is 5.91 Å². The van der Waals surface area contributed by atoms with Gasteiger partial charge in [0.05, 0.1) is 19.3 Å². The normalized spacial score (nSPS) is 10.3. The van der Waals surface area contributed by atoms with Crippen molar-refractivity contribution in [1.29, 1.82) is 0 Å². The number of methoxy groups -OCH3 is 1. The van der Waals surface area contributed by atoms with Gasteiger partial charge in [0, 0.05) is 9.13 Å². The minimum atomic E-state index is -0.0208. The summed E-state index contributed by atoms with van der Waals surface area (Å²) in [5.74, 6) is 0.764. The summed E-state index contributed by atoms with van der Waals surface area (Å²) in [7, 11) is 1.64. The summed E-state index contributed by atoms with van der Waals surface area (Å²) < 4.78 is 6.34. The molecule has 1 amide bonds. The van der Waals surface area contributed by atoms with Gasteiger partial charge in [0.25, 0.3) is 5.91 Å². The molecule has 3 aromatic carbocycles. The van der Waals surface area contributed by atoms with Gasteiger partial charge in [0.2, 0.25) is 0 Å². The van der Waals surface area contributed by atoms with Crippen molar-refractivity contribution in [3.8, 4) is 5.75 Å². The number of rotatable bonds is 5. The monoisotopic (exact) mass is 443 g/mol. The molecule has 0 fully saturated rings. The summed E-state index contributed by atoms with van der Waals surface area (Å²) in [5, 5.41) is 0. The Balaban J connectivity index is 2.00. The number of anilines is 1. The molecule has 0 aromatic heterocycles. The van der Waals surface area contributed by atoms with Gasteiger partial charge in [-0.1, -0.05) is 42.5 Å². The van der Waals surface area contributed by atoms with Gasteiger partial charge in [0.1, 0.15) is 5.75 Å². The van der Waals surface area contributed by atoms with Crippen molar-refractivity contribution >= 4 is 34.2 Å². The maximum atomic E-state index is 13.1. The molecule has 0 aliphatic rings. The Kier molecular flexibility index (Phi) is 5.71. The van der Waals surface area contributed by atoms with Crippen molar-refractivity contribution in [2.45, 2.75) is 6.54 Å². The first-order chi connectivity index (χ1) is 12.2. The third kappa shape index (κ3) is 4.20. The molecule has 4 heteroatoms. The lowest BCUT2D eigenvalue weighted by molar-refractivity contribution is 0.0985. The van der Waals surface area contributed by atoms with Crippen molar-refractivity contribution < 1.29 is 9.53 Å². The molecule has 0 spiro atoms. The van der Waals surface area contributed by atoms with Crippen LogP contribution >= 0.6 is 22.6 Å². The van der Waals surface area contributed by atoms with E-state index in [0.29, 0.717) is 12.1 Å². The lowest BCUT2D eigenvalue weighted by Gasteiger charge is -2.24. The molecule has 3 rings (SSSR count). The molecule has 0 saturated heterocycles. The van der Waals surface area contributed by atoms with Crippen LogP contribution in [-0.2, 0) is 6.54 Å². The SMILES string of the molecule is COc1cccc(CN(C(=O)c2ccccc2)c2ccccc2I)c1. The smallest absolute Gasteiger partial charge is 0.258 e. The fraction of sp³-hybridized carbons (Fsp3) is 0.0952. The average Bonchev–Trinajstić information content (AvgIpc) is 2.67. The standard InChI is InChI=1S/C21H18INO2/c1-25-18-11-7-8-16(14-18)15-23(20-13-6-5-12-19(20)22)21(24)17-9-3-2-4-10-17/h2-14H,15H2,1H3. The zero-order valence-electron chi connectivity index (χ0n) is 13.9. The Hall–Kier alpha value is -2.34. The number of carbonyl (C=O) groups is 1. The van der Waals surface area contributed by atoms with Crippen LogP contribution in [0.25, 0.3) is 0 Å². The van der Waals surface area contributed by atoms with Crippen LogP contribution in [0.4, 0.5) is 5.69 Å². The van der Waals surface area contributed by atoms with E-state index in [1.165, 1.54) is 0 Å². The highest BCUT2D eigenvalue weighted by atomic mass is 127. The van der Waals surface area contributed by atoms with Gasteiger partial charge in [-0.05, 0) is 64.6 Å². The van der Waals surface area contributed by atoms with Crippen LogP contribution in [0.1, 0.15) is 15.9 Å². The van der Waals surface area contributed by atoms with E-state index in [1.807, 2.05) is 83.8 Å². The van der Waals surface area contributed by atoms with Crippen LogP contribution in [-0.4, -0.2) is 13.0 Å². The van der Waals surface area contributed by atoms with E-state index in [4.69, 9.17) is 4.74 Å². The zero-order chi connectivity index (χ0) is 17.6. The first kappa shape index (κ1) is 17.5. The molecule has 0 aliphatic heterocycles. The lowest BCUT2D eigenvalue weighted by Crippen LogP contribution is -2.31. The zero-order valence-corrected chi connectivity index (χ0v) is 16.0. The van der Waals surface area contributed by atoms with E-state index in [1.54, 1.807) is 7.11 Å². The Morgan fingerprint density at radius 2 is 1.68 bits per heavy atom. The molecule has 0 atom stereocenters. The Bertz CT molecular complexity index is 865. The number of ether oxygens (including phenoxy) is 1. The first-order valence-corrected chi connectivity index (χ1v) is 9.01. The number of amides is 1. The van der Waals surface area contributed by atoms with E-state index in [2.05, 4.69) is 22.6 Å². The highest BCUT2D eigenvalue weighted by Gasteiger charge is 2.20. The predicted octanol–water partition coefficient (Wildman–Crippen LogP) is 5.15. The summed E-state index contributed by atoms with van der Waals surface area (Å²) in [6.07, 6.45) is 0. The number of nitrogens with zero attached hydrogens (tertiary/aromatic N) is 1. The lowest BCUT2D eigenvalue weighted by atomic mass is 10.1. The second-order valence-electron chi connectivity index (χ2n) is 5.56. The van der Waals surface area contributed by atoms with E-state index in [9.17, 15) is 4.79 Å². The minimum Gasteiger partial charge on any atom is -0.497 e. The van der Waals surface area contributed by atoms with E-state index >= 15 is 0 Å². The van der Waals surface area contributed by atoms with Gasteiger partial charge in [-0.15, -0.1) is 0 Å². The van der Waals surface area contributed by atoms with Gasteiger partial charge in [-0.3, -0.25) is 4.79 Å². The largest absolute Gasteiger partial charge is 0.497 e. The van der Waals surface area contributed by atoms with Gasteiger partial charge in [0.15, 0.2) is 0 Å². The summed E-state index contributed by atoms with van der Waals surface area (Å²) in [5.41, 5.74) is 2.59. The second kappa shape index (κ2) is 8.16. The van der Waals surface area contributed by atoms with Gasteiger partial charge >= 0.3 is 0 Å². The number of hydrogen-bond donors (Lipinski definition) is 0. The van der Waals surface area contributed by atoms with Crippen molar-refractivity contribution in [2.75, 3.05) is 12.0 Å². The van der Waals surface area contributed by atoms with Crippen molar-refractivity contribution in [1.82, 2.24) is 0 Å². The number of carbonyl (C=O) groups excluding carboxylic acids is 1. The molecule has 3 aromatic rings. The molecular weight excluding hydrogens is 425 g/mol. The molecule has 0 aliphatic carbocycles. The summed E-state index contributed by atoms with van der Waals surface area (Å²) in [6.45, 7) is 0.477. The summed E-state index contributed by atoms with van der Waals surface area (Å²) >= 11 is 2.27. The number of hydrogen-bond acceptors (Lipinski definition) is 2. The molecule has 3 nitrogen and oxygen atoms in total. The van der Waals surface area contributed by atoms with Gasteiger partial charge in [-0.2, -0.15) is 0 Å². The molecule has 0 radical (unpaired) electrons. The highest BCUT2D eigenvalue weighted by molar-refractivity contribution is 14.1. The molecular formula is C21H18INO2. The Morgan fingerprint density at radius 3 is 2.40 bits per heavy atom. The summed E-state index contributed by atoms with van der Waals surface area (Å²) in [4.78, 5) is 15.0. The van der Waals surface area contributed by atoms with Crippen LogP contribution in [0.2, 0.25) is 0 Å². The average molecular weight is 443 g/mol. The van der Waals surface area contributed by atoms with Crippen LogP contribution in [0.15, 0.2) is 78.9 Å². The molecule has 0 heterocycles. The maximum absolute atomic E-state index is 13.1. The fourth-order valence-corrected chi connectivity index (χ4v) is 3.31. The van der Waals surface area contributed by atoms with Crippen molar-refractivity contribution in [2.24, 2.45) is 0 Å². The third-order valence-corrected chi connectivity index (χ3v) is 4.80. The molecule has 0 saturated carbocycles. The summed E-state index contributed by atoms with van der Waals surface area (Å²) in [6, 6.07) is 25.1. The predicted molar refractivity (Wildman–Crippen MR) is 109 cm³/mol. The molecule has 126 valence electrons. The number of halogens is 1. The van der Waals surface area contributed by atoms with Crippen LogP contribution < -0.4 is 9.64 Å². The molecule has 25 heavy (non-hydrogen) atoms. The van der Waals surface area contributed by atoms with Crippen LogP contribution in [0, 0.1) is 3.57 Å². The van der Waals surface area contributed by atoms with E-state index < -0.39 is 0 Å². The topological polar surface area (TPSA) is 29.5 Å². The highest BCUT2D eigenvalue weighted by Crippen LogP contribution is 2.26. The first-order valence-electron chi connectivity index (χ1n) is 7.93. The third-order valence-electron chi connectivity index (χ3n) is 3.88. The minimum absolute atomic E-state index is 0.0208. The van der Waals surface area contributed by atoms with Crippen molar-refractivity contribution in [3.05, 3.63) is 93.6 Å². The van der Waals surface area contributed by atoms with Gasteiger partial charge in [-0.25, -0.2) is 0 Å². The number of para-hydroxylation sites is 1. The Labute approximate surface area is 161 Å². The van der Waals surface area contributed by atoms with Crippen molar-refractivity contribution in [3.63, 3.8) is 0 Å². The molecule has 0 unspecified atom stereocenters. The quantitative estimate of drug-likeness (QED) is 0.511. The van der Waals surface area contributed by atoms with Gasteiger partial charge < -0.3 is 9.64 Å². The molecule has 0 bridgehead atoms. The Morgan fingerprint density at radius 1 is 0.960 bits per heavy atom. The number of benzene rings is 3. The fourth-order valence-electron chi connectivity index (χ4n) is 2.63. The van der Waals surface area contributed by atoms with Crippen LogP contribution in [0.5, 0.6) is 5.75 Å². The van der Waals surface area contributed by atoms with E-state index in [0.717, 1.165) is 20.6 Å². The van der Waals surface area contributed by atoms with Crippen LogP contribution in [0.3, 0.4) is 0 Å². The maximum Gasteiger partial charge on any atom is 0.258 e. The molecule has 0 N–H and O–H groups in total. The second-order valence-corrected chi connectivity index (χ2v) is 6.72.